The summed E-state index contributed by atoms with van der Waals surface area (Å²) in [5.74, 6) is 1.06. The van der Waals surface area contributed by atoms with Crippen LogP contribution in [0.15, 0.2) is 30.5 Å². The van der Waals surface area contributed by atoms with E-state index >= 15 is 0 Å². The summed E-state index contributed by atoms with van der Waals surface area (Å²) in [6.45, 7) is 1.92. The molecule has 2 aromatic rings. The van der Waals surface area contributed by atoms with Crippen molar-refractivity contribution in [2.24, 2.45) is 0 Å². The van der Waals surface area contributed by atoms with Gasteiger partial charge in [0.1, 0.15) is 5.69 Å². The number of piperidine rings is 1. The maximum Gasteiger partial charge on any atom is 0.255 e. The number of hydrogen-bond donors (Lipinski definition) is 1. The van der Waals surface area contributed by atoms with Crippen molar-refractivity contribution in [3.8, 4) is 6.07 Å². The number of nitriles is 1. The molecule has 0 atom stereocenters. The Bertz CT molecular complexity index is 836. The lowest BCUT2D eigenvalue weighted by Gasteiger charge is -2.28. The monoisotopic (exact) mass is 350 g/mol. The third kappa shape index (κ3) is 3.91. The summed E-state index contributed by atoms with van der Waals surface area (Å²) in [6.07, 6.45) is 5.19. The fraction of sp³-hybridized carbons (Fsp3) is 0.368. The van der Waals surface area contributed by atoms with E-state index in [4.69, 9.17) is 5.26 Å². The zero-order chi connectivity index (χ0) is 18.5. The molecule has 2 heterocycles. The van der Waals surface area contributed by atoms with Gasteiger partial charge in [0.15, 0.2) is 5.82 Å². The Morgan fingerprint density at radius 1 is 1.27 bits per heavy atom. The molecular weight excluding hydrogens is 328 g/mol. The Kier molecular flexibility index (Phi) is 5.32. The van der Waals surface area contributed by atoms with Gasteiger partial charge in [0, 0.05) is 32.7 Å². The largest absolute Gasteiger partial charge is 0.361 e. The highest BCUT2D eigenvalue weighted by molar-refractivity contribution is 6.05. The molecule has 0 radical (unpaired) electrons. The van der Waals surface area contributed by atoms with Crippen LogP contribution in [0.1, 0.15) is 35.2 Å². The molecule has 26 heavy (non-hydrogen) atoms. The van der Waals surface area contributed by atoms with Crippen LogP contribution >= 0.6 is 0 Å². The molecule has 1 N–H and O–H groups in total. The Hall–Kier alpha value is -3.14. The van der Waals surface area contributed by atoms with E-state index in [0.717, 1.165) is 25.9 Å². The van der Waals surface area contributed by atoms with Gasteiger partial charge in [-0.1, -0.05) is 6.07 Å². The van der Waals surface area contributed by atoms with Crippen molar-refractivity contribution in [2.75, 3.05) is 42.3 Å². The van der Waals surface area contributed by atoms with Gasteiger partial charge in [-0.2, -0.15) is 10.2 Å². The summed E-state index contributed by atoms with van der Waals surface area (Å²) in [4.78, 5) is 25.7. The van der Waals surface area contributed by atoms with E-state index in [9.17, 15) is 4.79 Å². The second-order valence-electron chi connectivity index (χ2n) is 6.50. The molecule has 0 spiro atoms. The second kappa shape index (κ2) is 7.83. The van der Waals surface area contributed by atoms with Crippen LogP contribution in [0.2, 0.25) is 0 Å². The number of carbonyl (C=O) groups is 1. The lowest BCUT2D eigenvalue weighted by molar-refractivity contribution is 0.102. The molecule has 134 valence electrons. The van der Waals surface area contributed by atoms with Gasteiger partial charge < -0.3 is 15.1 Å². The van der Waals surface area contributed by atoms with E-state index in [1.165, 1.54) is 6.42 Å². The fourth-order valence-corrected chi connectivity index (χ4v) is 2.96. The van der Waals surface area contributed by atoms with Gasteiger partial charge >= 0.3 is 0 Å². The Morgan fingerprint density at radius 2 is 2.04 bits per heavy atom. The van der Waals surface area contributed by atoms with E-state index in [1.807, 2.05) is 25.1 Å². The highest BCUT2D eigenvalue weighted by atomic mass is 16.1. The highest BCUT2D eigenvalue weighted by Crippen LogP contribution is 2.25. The Morgan fingerprint density at radius 3 is 2.73 bits per heavy atom. The summed E-state index contributed by atoms with van der Waals surface area (Å²) in [5, 5.41) is 11.8. The lowest BCUT2D eigenvalue weighted by atomic mass is 10.1. The number of aromatic nitrogens is 2. The van der Waals surface area contributed by atoms with Gasteiger partial charge in [-0.3, -0.25) is 4.79 Å². The molecule has 7 heteroatoms. The predicted octanol–water partition coefficient (Wildman–Crippen LogP) is 2.66. The quantitative estimate of drug-likeness (QED) is 0.912. The van der Waals surface area contributed by atoms with Crippen LogP contribution in [0.3, 0.4) is 0 Å². The van der Waals surface area contributed by atoms with Crippen molar-refractivity contribution in [1.29, 1.82) is 5.26 Å². The van der Waals surface area contributed by atoms with E-state index < -0.39 is 0 Å². The third-order valence-corrected chi connectivity index (χ3v) is 4.32. The molecule has 3 rings (SSSR count). The first-order chi connectivity index (χ1) is 12.6. The number of nitrogens with one attached hydrogen (secondary N) is 1. The van der Waals surface area contributed by atoms with Crippen LogP contribution in [-0.2, 0) is 0 Å². The third-order valence-electron chi connectivity index (χ3n) is 4.32. The number of benzene rings is 1. The minimum atomic E-state index is -0.292. The topological polar surface area (TPSA) is 85.2 Å². The number of carbonyl (C=O) groups excluding carboxylic acids is 1. The van der Waals surface area contributed by atoms with Crippen LogP contribution in [0.25, 0.3) is 0 Å². The summed E-state index contributed by atoms with van der Waals surface area (Å²) in [5.41, 5.74) is 1.42. The summed E-state index contributed by atoms with van der Waals surface area (Å²) in [6, 6.07) is 8.64. The van der Waals surface area contributed by atoms with E-state index in [-0.39, 0.29) is 5.91 Å². The predicted molar refractivity (Wildman–Crippen MR) is 102 cm³/mol. The molecular formula is C19H22N6O. The first kappa shape index (κ1) is 17.7. The minimum absolute atomic E-state index is 0.292. The summed E-state index contributed by atoms with van der Waals surface area (Å²) < 4.78 is 0. The van der Waals surface area contributed by atoms with Crippen molar-refractivity contribution < 1.29 is 4.79 Å². The second-order valence-corrected chi connectivity index (χ2v) is 6.50. The fourth-order valence-electron chi connectivity index (χ4n) is 2.96. The average molecular weight is 350 g/mol. The minimum Gasteiger partial charge on any atom is -0.361 e. The maximum atomic E-state index is 12.5. The van der Waals surface area contributed by atoms with Gasteiger partial charge in [0.05, 0.1) is 17.8 Å². The van der Waals surface area contributed by atoms with E-state index in [2.05, 4.69) is 20.2 Å². The molecule has 1 aliphatic rings. The smallest absolute Gasteiger partial charge is 0.255 e. The SMILES string of the molecule is CN(C)c1nc(N2CCCCC2)ncc1NC(=O)c1cccc(C#N)c1. The molecule has 1 aliphatic heterocycles. The van der Waals surface area contributed by atoms with E-state index in [1.54, 1.807) is 30.5 Å². The van der Waals surface area contributed by atoms with Crippen molar-refractivity contribution in [2.45, 2.75) is 19.3 Å². The zero-order valence-electron chi connectivity index (χ0n) is 15.1. The van der Waals surface area contributed by atoms with Gasteiger partial charge in [-0.05, 0) is 37.5 Å². The van der Waals surface area contributed by atoms with Gasteiger partial charge in [0.2, 0.25) is 5.95 Å². The lowest BCUT2D eigenvalue weighted by Crippen LogP contribution is -2.31. The Labute approximate surface area is 153 Å². The molecule has 0 saturated carbocycles. The molecule has 1 fully saturated rings. The van der Waals surface area contributed by atoms with Crippen LogP contribution in [0.5, 0.6) is 0 Å². The van der Waals surface area contributed by atoms with Gasteiger partial charge in [-0.15, -0.1) is 0 Å². The number of hydrogen-bond acceptors (Lipinski definition) is 6. The molecule has 7 nitrogen and oxygen atoms in total. The van der Waals surface area contributed by atoms with Crippen LogP contribution in [0, 0.1) is 11.3 Å². The number of anilines is 3. The summed E-state index contributed by atoms with van der Waals surface area (Å²) in [7, 11) is 3.77. The molecule has 1 amide bonds. The number of amides is 1. The number of rotatable bonds is 4. The molecule has 0 bridgehead atoms. The molecule has 0 aliphatic carbocycles. The van der Waals surface area contributed by atoms with Crippen LogP contribution < -0.4 is 15.1 Å². The molecule has 1 saturated heterocycles. The zero-order valence-corrected chi connectivity index (χ0v) is 15.1. The first-order valence-corrected chi connectivity index (χ1v) is 8.69. The number of nitrogens with zero attached hydrogens (tertiary/aromatic N) is 5. The van der Waals surface area contributed by atoms with E-state index in [0.29, 0.717) is 28.6 Å². The standard InChI is InChI=1S/C19H22N6O/c1-24(2)17-16(13-21-19(23-17)25-9-4-3-5-10-25)22-18(26)15-8-6-7-14(11-15)12-20/h6-8,11,13H,3-5,9-10H2,1-2H3,(H,22,26). The molecule has 0 unspecified atom stereocenters. The maximum absolute atomic E-state index is 12.5. The normalized spacial score (nSPS) is 13.8. The van der Waals surface area contributed by atoms with Crippen LogP contribution in [-0.4, -0.2) is 43.1 Å². The van der Waals surface area contributed by atoms with Crippen molar-refractivity contribution in [3.05, 3.63) is 41.6 Å². The van der Waals surface area contributed by atoms with Crippen molar-refractivity contribution in [1.82, 2.24) is 9.97 Å². The van der Waals surface area contributed by atoms with Crippen molar-refractivity contribution >= 4 is 23.4 Å². The summed E-state index contributed by atoms with van der Waals surface area (Å²) >= 11 is 0. The Balaban J connectivity index is 1.84. The van der Waals surface area contributed by atoms with Crippen molar-refractivity contribution in [3.63, 3.8) is 0 Å². The highest BCUT2D eigenvalue weighted by Gasteiger charge is 2.18. The van der Waals surface area contributed by atoms with Gasteiger partial charge in [-0.25, -0.2) is 4.98 Å². The first-order valence-electron chi connectivity index (χ1n) is 8.69. The average Bonchev–Trinajstić information content (AvgIpc) is 2.68. The van der Waals surface area contributed by atoms with Gasteiger partial charge in [0.25, 0.3) is 5.91 Å². The molecule has 1 aromatic heterocycles. The molecule has 1 aromatic carbocycles. The van der Waals surface area contributed by atoms with Crippen LogP contribution in [0.4, 0.5) is 17.5 Å².